The number of phenolic OH excluding ortho intramolecular Hbond substituents is 1. The van der Waals surface area contributed by atoms with Gasteiger partial charge in [0.05, 0.1) is 0 Å². The van der Waals surface area contributed by atoms with Crippen LogP contribution in [-0.2, 0) is 0 Å². The lowest BCUT2D eigenvalue weighted by Gasteiger charge is -2.26. The maximum atomic E-state index is 10.2. The molecule has 0 saturated heterocycles. The summed E-state index contributed by atoms with van der Waals surface area (Å²) in [6.45, 7) is 6.81. The fourth-order valence-corrected chi connectivity index (χ4v) is 3.27. The van der Waals surface area contributed by atoms with Crippen LogP contribution in [-0.4, -0.2) is 5.11 Å². The number of aromatic hydroxyl groups is 1. The number of benzene rings is 1. The van der Waals surface area contributed by atoms with E-state index in [9.17, 15) is 5.11 Å². The molecule has 0 heterocycles. The number of rotatable bonds is 10. The molecule has 1 atom stereocenters. The lowest BCUT2D eigenvalue weighted by atomic mass is 9.79. The first-order valence-corrected chi connectivity index (χ1v) is 8.52. The first-order valence-electron chi connectivity index (χ1n) is 8.52. The molecule has 1 aromatic carbocycles. The molecule has 0 aliphatic rings. The van der Waals surface area contributed by atoms with Crippen molar-refractivity contribution in [3.8, 4) is 5.75 Å². The molecule has 0 saturated carbocycles. The highest BCUT2D eigenvalue weighted by Gasteiger charge is 2.22. The second-order valence-corrected chi connectivity index (χ2v) is 5.94. The van der Waals surface area contributed by atoms with Crippen molar-refractivity contribution in [2.45, 2.75) is 78.1 Å². The Morgan fingerprint density at radius 3 is 2.15 bits per heavy atom. The molecule has 1 aromatic rings. The predicted octanol–water partition coefficient (Wildman–Crippen LogP) is 6.27. The van der Waals surface area contributed by atoms with Gasteiger partial charge in [0.15, 0.2) is 0 Å². The van der Waals surface area contributed by atoms with Gasteiger partial charge in [0, 0.05) is 0 Å². The fraction of sp³-hybridized carbons (Fsp3) is 0.684. The normalized spacial score (nSPS) is 12.8. The molecule has 0 aromatic heterocycles. The lowest BCUT2D eigenvalue weighted by Crippen LogP contribution is -2.12. The molecule has 114 valence electrons. The molecule has 0 bridgehead atoms. The Balaban J connectivity index is 2.68. The Labute approximate surface area is 125 Å². The zero-order valence-corrected chi connectivity index (χ0v) is 13.6. The van der Waals surface area contributed by atoms with Gasteiger partial charge in [-0.05, 0) is 29.9 Å². The first-order chi connectivity index (χ1) is 9.74. The van der Waals surface area contributed by atoms with Crippen LogP contribution in [0.25, 0.3) is 0 Å². The molecule has 0 fully saturated rings. The summed E-state index contributed by atoms with van der Waals surface area (Å²) in [6, 6.07) is 7.93. The van der Waals surface area contributed by atoms with E-state index in [4.69, 9.17) is 0 Å². The lowest BCUT2D eigenvalue weighted by molar-refractivity contribution is 0.354. The van der Waals surface area contributed by atoms with Gasteiger partial charge in [-0.25, -0.2) is 0 Å². The molecular weight excluding hydrogens is 244 g/mol. The number of unbranched alkanes of at least 4 members (excludes halogenated alkanes) is 4. The van der Waals surface area contributed by atoms with E-state index in [1.807, 2.05) is 12.1 Å². The van der Waals surface area contributed by atoms with Crippen LogP contribution in [0, 0.1) is 5.92 Å². The Bertz CT molecular complexity index is 355. The summed E-state index contributed by atoms with van der Waals surface area (Å²) in [4.78, 5) is 0. The summed E-state index contributed by atoms with van der Waals surface area (Å²) >= 11 is 0. The SMILES string of the molecule is CCCCCCCC(c1ccccc1O)C(CC)CC. The quantitative estimate of drug-likeness (QED) is 0.499. The standard InChI is InChI=1S/C19H32O/c1-4-7-8-9-10-13-17(16(5-2)6-3)18-14-11-12-15-19(18)20/h11-12,14-17,20H,4-10,13H2,1-3H3. The van der Waals surface area contributed by atoms with E-state index in [1.54, 1.807) is 0 Å². The van der Waals surface area contributed by atoms with Gasteiger partial charge in [-0.3, -0.25) is 0 Å². The van der Waals surface area contributed by atoms with Crippen molar-refractivity contribution in [3.63, 3.8) is 0 Å². The van der Waals surface area contributed by atoms with Crippen LogP contribution in [0.15, 0.2) is 24.3 Å². The van der Waals surface area contributed by atoms with Crippen molar-refractivity contribution in [2.24, 2.45) is 5.92 Å². The summed E-state index contributed by atoms with van der Waals surface area (Å²) in [5, 5.41) is 10.2. The highest BCUT2D eigenvalue weighted by Crippen LogP contribution is 2.38. The van der Waals surface area contributed by atoms with E-state index >= 15 is 0 Å². The van der Waals surface area contributed by atoms with Crippen molar-refractivity contribution < 1.29 is 5.11 Å². The molecule has 1 heteroatoms. The zero-order valence-electron chi connectivity index (χ0n) is 13.6. The summed E-state index contributed by atoms with van der Waals surface area (Å²) in [6.07, 6.45) is 10.2. The third kappa shape index (κ3) is 5.19. The van der Waals surface area contributed by atoms with Crippen molar-refractivity contribution in [2.75, 3.05) is 0 Å². The summed E-state index contributed by atoms with van der Waals surface area (Å²) in [5.74, 6) is 1.69. The monoisotopic (exact) mass is 276 g/mol. The van der Waals surface area contributed by atoms with E-state index in [-0.39, 0.29) is 0 Å². The van der Waals surface area contributed by atoms with E-state index in [0.29, 0.717) is 17.6 Å². The molecular formula is C19H32O. The smallest absolute Gasteiger partial charge is 0.119 e. The predicted molar refractivity (Wildman–Crippen MR) is 88.3 cm³/mol. The highest BCUT2D eigenvalue weighted by molar-refractivity contribution is 5.35. The third-order valence-corrected chi connectivity index (χ3v) is 4.57. The summed E-state index contributed by atoms with van der Waals surface area (Å²) < 4.78 is 0. The Kier molecular flexibility index (Phi) is 8.41. The number of hydrogen-bond donors (Lipinski definition) is 1. The van der Waals surface area contributed by atoms with Gasteiger partial charge in [0.25, 0.3) is 0 Å². The average molecular weight is 276 g/mol. The van der Waals surface area contributed by atoms with E-state index < -0.39 is 0 Å². The van der Waals surface area contributed by atoms with Crippen molar-refractivity contribution in [1.82, 2.24) is 0 Å². The largest absolute Gasteiger partial charge is 0.508 e. The number of hydrogen-bond acceptors (Lipinski definition) is 1. The number of phenols is 1. The van der Waals surface area contributed by atoms with E-state index in [0.717, 1.165) is 5.56 Å². The molecule has 1 rings (SSSR count). The van der Waals surface area contributed by atoms with Gasteiger partial charge >= 0.3 is 0 Å². The molecule has 0 aliphatic carbocycles. The maximum absolute atomic E-state index is 10.2. The minimum absolute atomic E-state index is 0.484. The van der Waals surface area contributed by atoms with Crippen LogP contribution >= 0.6 is 0 Å². The second-order valence-electron chi connectivity index (χ2n) is 5.94. The van der Waals surface area contributed by atoms with Crippen LogP contribution in [0.3, 0.4) is 0 Å². The second kappa shape index (κ2) is 9.85. The summed E-state index contributed by atoms with van der Waals surface area (Å²) in [5.41, 5.74) is 1.16. The van der Waals surface area contributed by atoms with Crippen molar-refractivity contribution >= 4 is 0 Å². The summed E-state index contributed by atoms with van der Waals surface area (Å²) in [7, 11) is 0. The third-order valence-electron chi connectivity index (χ3n) is 4.57. The molecule has 0 amide bonds. The van der Waals surface area contributed by atoms with Gasteiger partial charge in [0.2, 0.25) is 0 Å². The van der Waals surface area contributed by atoms with Gasteiger partial charge in [-0.15, -0.1) is 0 Å². The van der Waals surface area contributed by atoms with Gasteiger partial charge in [-0.2, -0.15) is 0 Å². The van der Waals surface area contributed by atoms with E-state index in [1.165, 1.54) is 51.4 Å². The van der Waals surface area contributed by atoms with Crippen molar-refractivity contribution in [1.29, 1.82) is 0 Å². The van der Waals surface area contributed by atoms with Crippen LogP contribution in [0.5, 0.6) is 5.75 Å². The van der Waals surface area contributed by atoms with Crippen LogP contribution in [0.4, 0.5) is 0 Å². The van der Waals surface area contributed by atoms with Gasteiger partial charge < -0.3 is 5.11 Å². The topological polar surface area (TPSA) is 20.2 Å². The van der Waals surface area contributed by atoms with Crippen molar-refractivity contribution in [3.05, 3.63) is 29.8 Å². The van der Waals surface area contributed by atoms with Crippen LogP contribution in [0.1, 0.15) is 83.6 Å². The maximum Gasteiger partial charge on any atom is 0.119 e. The van der Waals surface area contributed by atoms with E-state index in [2.05, 4.69) is 32.9 Å². The van der Waals surface area contributed by atoms with Gasteiger partial charge in [0.1, 0.15) is 5.75 Å². The first kappa shape index (κ1) is 17.1. The minimum Gasteiger partial charge on any atom is -0.508 e. The molecule has 0 spiro atoms. The Morgan fingerprint density at radius 1 is 0.900 bits per heavy atom. The zero-order chi connectivity index (χ0) is 14.8. The molecule has 20 heavy (non-hydrogen) atoms. The minimum atomic E-state index is 0.484. The molecule has 0 radical (unpaired) electrons. The number of para-hydroxylation sites is 1. The highest BCUT2D eigenvalue weighted by atomic mass is 16.3. The average Bonchev–Trinajstić information content (AvgIpc) is 2.47. The fourth-order valence-electron chi connectivity index (χ4n) is 3.27. The molecule has 1 nitrogen and oxygen atoms in total. The van der Waals surface area contributed by atoms with Gasteiger partial charge in [-0.1, -0.05) is 83.9 Å². The Hall–Kier alpha value is -0.980. The molecule has 0 aliphatic heterocycles. The molecule has 1 N–H and O–H groups in total. The van der Waals surface area contributed by atoms with Crippen LogP contribution < -0.4 is 0 Å². The molecule has 1 unspecified atom stereocenters. The van der Waals surface area contributed by atoms with Crippen LogP contribution in [0.2, 0.25) is 0 Å². The Morgan fingerprint density at radius 2 is 1.55 bits per heavy atom.